The Morgan fingerprint density at radius 1 is 1.15 bits per heavy atom. The molecule has 1 aromatic rings. The van der Waals surface area contributed by atoms with E-state index in [0.717, 1.165) is 22.4 Å². The fraction of sp³-hybridized carbons (Fsp3) is 0.421. The molecule has 0 bridgehead atoms. The summed E-state index contributed by atoms with van der Waals surface area (Å²) in [7, 11) is 1.35. The number of amides is 2. The van der Waals surface area contributed by atoms with E-state index in [2.05, 4.69) is 5.32 Å². The molecular formula is C19H24N4O3. The Labute approximate surface area is 153 Å². The number of benzene rings is 1. The number of hydrogen-bond acceptors (Lipinski definition) is 5. The quantitative estimate of drug-likeness (QED) is 0.664. The van der Waals surface area contributed by atoms with Crippen LogP contribution in [0.3, 0.4) is 0 Å². The summed E-state index contributed by atoms with van der Waals surface area (Å²) in [5, 5.41) is 12.2. The summed E-state index contributed by atoms with van der Waals surface area (Å²) >= 11 is 0. The van der Waals surface area contributed by atoms with Gasteiger partial charge < -0.3 is 19.9 Å². The Bertz CT molecular complexity index is 748. The minimum Gasteiger partial charge on any atom is -0.453 e. The number of nitrogens with one attached hydrogen (secondary N) is 1. The number of piperazine rings is 1. The maximum Gasteiger partial charge on any atom is 0.409 e. The van der Waals surface area contributed by atoms with Crippen LogP contribution in [-0.4, -0.2) is 55.1 Å². The van der Waals surface area contributed by atoms with E-state index in [1.165, 1.54) is 7.11 Å². The first-order valence-corrected chi connectivity index (χ1v) is 8.43. The van der Waals surface area contributed by atoms with Crippen LogP contribution in [-0.2, 0) is 9.53 Å². The average molecular weight is 356 g/mol. The molecule has 1 aromatic carbocycles. The molecule has 0 unspecified atom stereocenters. The monoisotopic (exact) mass is 356 g/mol. The summed E-state index contributed by atoms with van der Waals surface area (Å²) in [6.45, 7) is 7.90. The minimum absolute atomic E-state index is 0.0379. The largest absolute Gasteiger partial charge is 0.453 e. The first kappa shape index (κ1) is 19.3. The summed E-state index contributed by atoms with van der Waals surface area (Å²) in [6.07, 6.45) is 1.19. The predicted octanol–water partition coefficient (Wildman–Crippen LogP) is 2.34. The molecule has 1 aliphatic heterocycles. The summed E-state index contributed by atoms with van der Waals surface area (Å²) < 4.78 is 4.70. The summed E-state index contributed by atoms with van der Waals surface area (Å²) in [5.41, 5.74) is 3.81. The maximum absolute atomic E-state index is 12.5. The highest BCUT2D eigenvalue weighted by molar-refractivity contribution is 6.07. The van der Waals surface area contributed by atoms with Gasteiger partial charge in [-0.15, -0.1) is 0 Å². The predicted molar refractivity (Wildman–Crippen MR) is 98.5 cm³/mol. The van der Waals surface area contributed by atoms with Gasteiger partial charge in [-0.3, -0.25) is 4.79 Å². The van der Waals surface area contributed by atoms with Crippen molar-refractivity contribution in [3.05, 3.63) is 40.6 Å². The van der Waals surface area contributed by atoms with Crippen LogP contribution >= 0.6 is 0 Å². The molecule has 26 heavy (non-hydrogen) atoms. The van der Waals surface area contributed by atoms with Gasteiger partial charge in [0.05, 0.1) is 7.11 Å². The highest BCUT2D eigenvalue weighted by Gasteiger charge is 2.21. The lowest BCUT2D eigenvalue weighted by molar-refractivity contribution is -0.112. The molecule has 0 spiro atoms. The summed E-state index contributed by atoms with van der Waals surface area (Å²) in [5.74, 6) is -0.432. The standard InChI is InChI=1S/C19H24N4O3/c1-13-9-14(2)17(15(3)10-13)21-18(24)16(11-20)12-22-5-7-23(8-6-22)19(25)26-4/h9-10,12H,5-8H2,1-4H3,(H,21,24)/b16-12-. The summed E-state index contributed by atoms with van der Waals surface area (Å²) in [6, 6.07) is 5.95. The van der Waals surface area contributed by atoms with Crippen LogP contribution in [0.25, 0.3) is 0 Å². The third-order valence-electron chi connectivity index (χ3n) is 4.34. The molecule has 0 saturated carbocycles. The van der Waals surface area contributed by atoms with Gasteiger partial charge in [-0.1, -0.05) is 17.7 Å². The van der Waals surface area contributed by atoms with E-state index in [4.69, 9.17) is 4.74 Å². The molecule has 0 aliphatic carbocycles. The lowest BCUT2D eigenvalue weighted by Crippen LogP contribution is -2.47. The van der Waals surface area contributed by atoms with Gasteiger partial charge in [0, 0.05) is 38.1 Å². The zero-order valence-electron chi connectivity index (χ0n) is 15.6. The molecule has 7 nitrogen and oxygen atoms in total. The Morgan fingerprint density at radius 3 is 2.23 bits per heavy atom. The third-order valence-corrected chi connectivity index (χ3v) is 4.34. The van der Waals surface area contributed by atoms with E-state index in [0.29, 0.717) is 26.2 Å². The number of methoxy groups -OCH3 is 1. The number of nitriles is 1. The van der Waals surface area contributed by atoms with E-state index < -0.39 is 5.91 Å². The topological polar surface area (TPSA) is 85.7 Å². The minimum atomic E-state index is -0.432. The van der Waals surface area contributed by atoms with Crippen LogP contribution in [0.1, 0.15) is 16.7 Å². The number of ether oxygens (including phenoxy) is 1. The zero-order valence-corrected chi connectivity index (χ0v) is 15.6. The fourth-order valence-corrected chi connectivity index (χ4v) is 3.04. The fourth-order valence-electron chi connectivity index (χ4n) is 3.04. The van der Waals surface area contributed by atoms with Crippen LogP contribution in [0.15, 0.2) is 23.9 Å². The van der Waals surface area contributed by atoms with Crippen LogP contribution in [0, 0.1) is 32.1 Å². The van der Waals surface area contributed by atoms with Gasteiger partial charge >= 0.3 is 6.09 Å². The van der Waals surface area contributed by atoms with Crippen molar-refractivity contribution in [2.75, 3.05) is 38.6 Å². The lowest BCUT2D eigenvalue weighted by Gasteiger charge is -2.33. The third kappa shape index (κ3) is 4.54. The Kier molecular flexibility index (Phi) is 6.23. The maximum atomic E-state index is 12.5. The summed E-state index contributed by atoms with van der Waals surface area (Å²) in [4.78, 5) is 27.5. The molecule has 1 saturated heterocycles. The van der Waals surface area contributed by atoms with E-state index in [9.17, 15) is 14.9 Å². The average Bonchev–Trinajstić information content (AvgIpc) is 2.62. The second-order valence-electron chi connectivity index (χ2n) is 6.38. The van der Waals surface area contributed by atoms with Crippen LogP contribution in [0.5, 0.6) is 0 Å². The Morgan fingerprint density at radius 2 is 1.73 bits per heavy atom. The van der Waals surface area contributed by atoms with Crippen molar-refractivity contribution in [3.8, 4) is 6.07 Å². The number of rotatable bonds is 3. The van der Waals surface area contributed by atoms with Crippen molar-refractivity contribution in [2.45, 2.75) is 20.8 Å². The van der Waals surface area contributed by atoms with Crippen molar-refractivity contribution in [1.29, 1.82) is 5.26 Å². The molecule has 2 rings (SSSR count). The number of carbonyl (C=O) groups excluding carboxylic acids is 2. The molecule has 138 valence electrons. The second kappa shape index (κ2) is 8.39. The van der Waals surface area contributed by atoms with Gasteiger partial charge in [-0.2, -0.15) is 5.26 Å². The van der Waals surface area contributed by atoms with Gasteiger partial charge in [0.25, 0.3) is 5.91 Å². The molecule has 2 amide bonds. The van der Waals surface area contributed by atoms with Gasteiger partial charge in [-0.25, -0.2) is 4.79 Å². The zero-order chi connectivity index (χ0) is 19.3. The molecule has 1 aliphatic rings. The molecule has 0 radical (unpaired) electrons. The van der Waals surface area contributed by atoms with E-state index in [1.54, 1.807) is 11.1 Å². The first-order valence-electron chi connectivity index (χ1n) is 8.43. The smallest absolute Gasteiger partial charge is 0.409 e. The van der Waals surface area contributed by atoms with E-state index in [1.807, 2.05) is 43.9 Å². The number of hydrogen-bond donors (Lipinski definition) is 1. The Hall–Kier alpha value is -3.01. The molecule has 1 heterocycles. The molecule has 0 atom stereocenters. The van der Waals surface area contributed by atoms with Gasteiger partial charge in [0.15, 0.2) is 0 Å². The van der Waals surface area contributed by atoms with Gasteiger partial charge in [0.2, 0.25) is 0 Å². The van der Waals surface area contributed by atoms with Crippen LogP contribution in [0.2, 0.25) is 0 Å². The number of carbonyl (C=O) groups is 2. The van der Waals surface area contributed by atoms with E-state index >= 15 is 0 Å². The van der Waals surface area contributed by atoms with E-state index in [-0.39, 0.29) is 11.7 Å². The molecule has 7 heteroatoms. The van der Waals surface area contributed by atoms with Crippen molar-refractivity contribution in [1.82, 2.24) is 9.80 Å². The normalized spacial score (nSPS) is 14.7. The Balaban J connectivity index is 2.07. The highest BCUT2D eigenvalue weighted by Crippen LogP contribution is 2.22. The van der Waals surface area contributed by atoms with Gasteiger partial charge in [0.1, 0.15) is 11.6 Å². The van der Waals surface area contributed by atoms with Crippen molar-refractivity contribution in [3.63, 3.8) is 0 Å². The number of anilines is 1. The van der Waals surface area contributed by atoms with Gasteiger partial charge in [-0.05, 0) is 31.9 Å². The molecule has 0 aromatic heterocycles. The number of nitrogens with zero attached hydrogens (tertiary/aromatic N) is 3. The van der Waals surface area contributed by atoms with Crippen LogP contribution in [0.4, 0.5) is 10.5 Å². The van der Waals surface area contributed by atoms with Crippen LogP contribution < -0.4 is 5.32 Å². The molecular weight excluding hydrogens is 332 g/mol. The molecule has 1 N–H and O–H groups in total. The lowest BCUT2D eigenvalue weighted by atomic mass is 10.0. The number of aryl methyl sites for hydroxylation is 3. The second-order valence-corrected chi connectivity index (χ2v) is 6.38. The van der Waals surface area contributed by atoms with Crippen molar-refractivity contribution in [2.24, 2.45) is 0 Å². The molecule has 1 fully saturated rings. The highest BCUT2D eigenvalue weighted by atomic mass is 16.5. The van der Waals surface area contributed by atoms with Crippen molar-refractivity contribution >= 4 is 17.7 Å². The first-order chi connectivity index (χ1) is 12.3. The van der Waals surface area contributed by atoms with Crippen molar-refractivity contribution < 1.29 is 14.3 Å². The SMILES string of the molecule is COC(=O)N1CCN(/C=C(/C#N)C(=O)Nc2c(C)cc(C)cc2C)CC1.